The van der Waals surface area contributed by atoms with Crippen LogP contribution in [0.5, 0.6) is 0 Å². The molecular weight excluding hydrogens is 384 g/mol. The molecule has 0 aromatic carbocycles. The van der Waals surface area contributed by atoms with Crippen LogP contribution in [0.4, 0.5) is 0 Å². The van der Waals surface area contributed by atoms with Gasteiger partial charge in [0.15, 0.2) is 0 Å². The zero-order valence-electron chi connectivity index (χ0n) is 17.0. The largest absolute Gasteiger partial charge is 0.480 e. The molecular formula is C18H32N4O7. The maximum absolute atomic E-state index is 12.9. The molecule has 0 spiro atoms. The molecule has 0 saturated carbocycles. The minimum absolute atomic E-state index is 0.0447. The minimum Gasteiger partial charge on any atom is -0.480 e. The fraction of sp³-hybridized carbons (Fsp3) is 0.778. The second-order valence-electron chi connectivity index (χ2n) is 7.73. The van der Waals surface area contributed by atoms with E-state index >= 15 is 0 Å². The third-order valence-corrected chi connectivity index (χ3v) is 4.74. The van der Waals surface area contributed by atoms with E-state index in [0.29, 0.717) is 12.8 Å². The number of aliphatic carboxylic acids is 1. The van der Waals surface area contributed by atoms with E-state index in [4.69, 9.17) is 10.8 Å². The van der Waals surface area contributed by atoms with Gasteiger partial charge in [0.25, 0.3) is 0 Å². The van der Waals surface area contributed by atoms with Crippen LogP contribution in [0, 0.1) is 5.92 Å². The molecule has 1 aliphatic rings. The molecule has 29 heavy (non-hydrogen) atoms. The third-order valence-electron chi connectivity index (χ3n) is 4.74. The van der Waals surface area contributed by atoms with Gasteiger partial charge >= 0.3 is 5.97 Å². The molecule has 0 aliphatic carbocycles. The molecule has 0 aromatic heterocycles. The monoisotopic (exact) mass is 416 g/mol. The van der Waals surface area contributed by atoms with Gasteiger partial charge in [-0.15, -0.1) is 0 Å². The highest BCUT2D eigenvalue weighted by atomic mass is 16.4. The summed E-state index contributed by atoms with van der Waals surface area (Å²) in [4.78, 5) is 50.1. The quantitative estimate of drug-likeness (QED) is 0.231. The number of nitrogens with two attached hydrogens (primary N) is 1. The molecule has 1 fully saturated rings. The van der Waals surface area contributed by atoms with Crippen LogP contribution >= 0.6 is 0 Å². The number of hydrogen-bond donors (Lipinski definition) is 6. The van der Waals surface area contributed by atoms with Gasteiger partial charge < -0.3 is 36.6 Å². The van der Waals surface area contributed by atoms with E-state index < -0.39 is 60.6 Å². The number of carbonyl (C=O) groups is 4. The predicted molar refractivity (Wildman–Crippen MR) is 102 cm³/mol. The molecule has 5 unspecified atom stereocenters. The van der Waals surface area contributed by atoms with Crippen LogP contribution in [0.1, 0.15) is 40.0 Å². The van der Waals surface area contributed by atoms with Crippen molar-refractivity contribution in [2.24, 2.45) is 11.7 Å². The Morgan fingerprint density at radius 3 is 2.28 bits per heavy atom. The zero-order chi connectivity index (χ0) is 22.3. The first kappa shape index (κ1) is 24.8. The first-order chi connectivity index (χ1) is 13.5. The predicted octanol–water partition coefficient (Wildman–Crippen LogP) is -2.22. The Kier molecular flexibility index (Phi) is 9.47. The highest BCUT2D eigenvalue weighted by Crippen LogP contribution is 2.20. The van der Waals surface area contributed by atoms with Gasteiger partial charge in [-0.1, -0.05) is 13.8 Å². The molecule has 11 nitrogen and oxygen atoms in total. The van der Waals surface area contributed by atoms with E-state index in [9.17, 15) is 29.4 Å². The van der Waals surface area contributed by atoms with Crippen molar-refractivity contribution in [2.45, 2.75) is 70.3 Å². The molecule has 11 heteroatoms. The van der Waals surface area contributed by atoms with Crippen molar-refractivity contribution in [3.63, 3.8) is 0 Å². The van der Waals surface area contributed by atoms with Gasteiger partial charge in [0.2, 0.25) is 17.7 Å². The molecule has 0 aromatic rings. The smallest absolute Gasteiger partial charge is 0.326 e. The number of nitrogens with one attached hydrogen (secondary N) is 2. The highest BCUT2D eigenvalue weighted by Gasteiger charge is 2.40. The summed E-state index contributed by atoms with van der Waals surface area (Å²) in [6.45, 7) is 4.57. The van der Waals surface area contributed by atoms with Crippen molar-refractivity contribution in [3.8, 4) is 0 Å². The number of aliphatic hydroxyl groups is 2. The molecule has 5 atom stereocenters. The molecule has 0 bridgehead atoms. The molecule has 166 valence electrons. The summed E-state index contributed by atoms with van der Waals surface area (Å²) in [5.74, 6) is -3.19. The Balaban J connectivity index is 2.91. The number of rotatable bonds is 10. The van der Waals surface area contributed by atoms with Crippen molar-refractivity contribution < 1.29 is 34.5 Å². The average Bonchev–Trinajstić information content (AvgIpc) is 3.13. The number of carboxylic acids is 1. The van der Waals surface area contributed by atoms with Gasteiger partial charge in [0, 0.05) is 6.54 Å². The van der Waals surface area contributed by atoms with Gasteiger partial charge in [-0.3, -0.25) is 14.4 Å². The first-order valence-corrected chi connectivity index (χ1v) is 9.68. The zero-order valence-corrected chi connectivity index (χ0v) is 17.0. The lowest BCUT2D eigenvalue weighted by Crippen LogP contribution is -2.60. The molecule has 1 heterocycles. The van der Waals surface area contributed by atoms with Gasteiger partial charge in [0.05, 0.1) is 12.7 Å². The van der Waals surface area contributed by atoms with Gasteiger partial charge in [0.1, 0.15) is 24.2 Å². The summed E-state index contributed by atoms with van der Waals surface area (Å²) >= 11 is 0. The van der Waals surface area contributed by atoms with Crippen LogP contribution in [0.2, 0.25) is 0 Å². The maximum atomic E-state index is 12.9. The fourth-order valence-corrected chi connectivity index (χ4v) is 3.17. The van der Waals surface area contributed by atoms with Crippen molar-refractivity contribution in [1.29, 1.82) is 0 Å². The molecule has 1 saturated heterocycles. The number of carboxylic acid groups (broad SMARTS) is 1. The van der Waals surface area contributed by atoms with Gasteiger partial charge in [-0.25, -0.2) is 4.79 Å². The first-order valence-electron chi connectivity index (χ1n) is 9.68. The molecule has 1 aliphatic heterocycles. The summed E-state index contributed by atoms with van der Waals surface area (Å²) in [6, 6.07) is -4.58. The second-order valence-corrected chi connectivity index (χ2v) is 7.73. The number of amides is 3. The number of likely N-dealkylation sites (tertiary alicyclic amines) is 1. The van der Waals surface area contributed by atoms with Crippen molar-refractivity contribution in [1.82, 2.24) is 15.5 Å². The van der Waals surface area contributed by atoms with E-state index in [2.05, 4.69) is 10.6 Å². The summed E-state index contributed by atoms with van der Waals surface area (Å²) in [5, 5.41) is 33.0. The van der Waals surface area contributed by atoms with E-state index in [1.54, 1.807) is 0 Å². The van der Waals surface area contributed by atoms with E-state index in [-0.39, 0.29) is 18.9 Å². The van der Waals surface area contributed by atoms with Crippen LogP contribution in [-0.4, -0.2) is 87.3 Å². The summed E-state index contributed by atoms with van der Waals surface area (Å²) < 4.78 is 0. The third kappa shape index (κ3) is 6.94. The summed E-state index contributed by atoms with van der Waals surface area (Å²) in [5.41, 5.74) is 5.43. The van der Waals surface area contributed by atoms with E-state index in [0.717, 1.165) is 0 Å². The fourth-order valence-electron chi connectivity index (χ4n) is 3.17. The second kappa shape index (κ2) is 11.1. The Labute approximate surface area is 169 Å². The summed E-state index contributed by atoms with van der Waals surface area (Å²) in [6.07, 6.45) is -0.174. The van der Waals surface area contributed by atoms with Crippen LogP contribution in [0.3, 0.4) is 0 Å². The van der Waals surface area contributed by atoms with Crippen molar-refractivity contribution in [2.75, 3.05) is 13.2 Å². The Morgan fingerprint density at radius 1 is 1.17 bits per heavy atom. The normalized spacial score (nSPS) is 20.7. The van der Waals surface area contributed by atoms with Crippen LogP contribution in [0.15, 0.2) is 0 Å². The number of carbonyl (C=O) groups excluding carboxylic acids is 3. The highest BCUT2D eigenvalue weighted by molar-refractivity contribution is 5.94. The average molecular weight is 416 g/mol. The molecule has 0 radical (unpaired) electrons. The molecule has 3 amide bonds. The number of hydrogen-bond acceptors (Lipinski definition) is 7. The maximum Gasteiger partial charge on any atom is 0.326 e. The van der Waals surface area contributed by atoms with Crippen LogP contribution in [-0.2, 0) is 19.2 Å². The summed E-state index contributed by atoms with van der Waals surface area (Å²) in [7, 11) is 0. The van der Waals surface area contributed by atoms with Crippen molar-refractivity contribution >= 4 is 23.7 Å². The lowest BCUT2D eigenvalue weighted by atomic mass is 10.0. The SMILES string of the molecule is CC(C)CC(NC(=O)C1CCCN1C(=O)C(NC(=O)C(N)CO)C(C)O)C(=O)O. The number of aliphatic hydroxyl groups excluding tert-OH is 2. The van der Waals surface area contributed by atoms with Crippen LogP contribution in [0.25, 0.3) is 0 Å². The van der Waals surface area contributed by atoms with Crippen molar-refractivity contribution in [3.05, 3.63) is 0 Å². The number of nitrogens with zero attached hydrogens (tertiary/aromatic N) is 1. The molecule has 1 rings (SSSR count). The lowest BCUT2D eigenvalue weighted by molar-refractivity contribution is -0.146. The Bertz CT molecular complexity index is 611. The topological polar surface area (TPSA) is 182 Å². The Morgan fingerprint density at radius 2 is 1.79 bits per heavy atom. The standard InChI is InChI=1S/C18H32N4O7/c1-9(2)7-12(18(28)29)20-16(26)13-5-4-6-22(13)17(27)14(10(3)24)21-15(25)11(19)8-23/h9-14,23-24H,4-8,19H2,1-3H3,(H,20,26)(H,21,25)(H,28,29). The van der Waals surface area contributed by atoms with Gasteiger partial charge in [-0.2, -0.15) is 0 Å². The van der Waals surface area contributed by atoms with Gasteiger partial charge in [-0.05, 0) is 32.1 Å². The van der Waals surface area contributed by atoms with E-state index in [1.807, 2.05) is 13.8 Å². The van der Waals surface area contributed by atoms with E-state index in [1.165, 1.54) is 11.8 Å². The molecule has 7 N–H and O–H groups in total. The minimum atomic E-state index is -1.35. The Hall–Kier alpha value is -2.24. The lowest BCUT2D eigenvalue weighted by Gasteiger charge is -2.31. The van der Waals surface area contributed by atoms with Crippen LogP contribution < -0.4 is 16.4 Å².